The van der Waals surface area contributed by atoms with Gasteiger partial charge in [-0.2, -0.15) is 4.98 Å². The van der Waals surface area contributed by atoms with Gasteiger partial charge in [0.25, 0.3) is 0 Å². The van der Waals surface area contributed by atoms with E-state index in [9.17, 15) is 9.90 Å². The second-order valence-electron chi connectivity index (χ2n) is 4.48. The molecule has 0 aromatic carbocycles. The summed E-state index contributed by atoms with van der Waals surface area (Å²) in [6.45, 7) is 2.40. The van der Waals surface area contributed by atoms with Gasteiger partial charge in [0.05, 0.1) is 13.2 Å². The van der Waals surface area contributed by atoms with E-state index in [1.165, 1.54) is 4.57 Å². The number of hydrogen-bond acceptors (Lipinski definition) is 5. The van der Waals surface area contributed by atoms with E-state index >= 15 is 0 Å². The van der Waals surface area contributed by atoms with Crippen LogP contribution in [0.1, 0.15) is 19.6 Å². The first-order chi connectivity index (χ1) is 7.54. The minimum Gasteiger partial charge on any atom is -0.396 e. The molecule has 1 fully saturated rings. The SMILES string of the molecule is C[C@@]1(CO)CO[C@H](n2ccc(N)nc2=O)C1. The molecule has 3 N–H and O–H groups in total. The summed E-state index contributed by atoms with van der Waals surface area (Å²) in [5.41, 5.74) is 4.69. The first-order valence-corrected chi connectivity index (χ1v) is 5.11. The second kappa shape index (κ2) is 3.88. The average molecular weight is 225 g/mol. The Morgan fingerprint density at radius 1 is 1.81 bits per heavy atom. The molecule has 1 aliphatic heterocycles. The van der Waals surface area contributed by atoms with Crippen molar-refractivity contribution in [1.29, 1.82) is 0 Å². The molecule has 0 aliphatic carbocycles. The highest BCUT2D eigenvalue weighted by Gasteiger charge is 2.36. The lowest BCUT2D eigenvalue weighted by Crippen LogP contribution is -2.27. The van der Waals surface area contributed by atoms with E-state index in [4.69, 9.17) is 10.5 Å². The number of nitrogen functional groups attached to an aromatic ring is 1. The standard InChI is InChI=1S/C10H15N3O3/c1-10(5-14)4-8(16-6-10)13-3-2-7(11)12-9(13)15/h2-3,8,14H,4-6H2,1H3,(H2,11,12,15)/t8-,10+/m0/s1. The second-order valence-corrected chi connectivity index (χ2v) is 4.48. The fourth-order valence-electron chi connectivity index (χ4n) is 1.77. The van der Waals surface area contributed by atoms with Crippen LogP contribution in [0, 0.1) is 5.41 Å². The van der Waals surface area contributed by atoms with Gasteiger partial charge in [-0.15, -0.1) is 0 Å². The third-order valence-corrected chi connectivity index (χ3v) is 2.84. The van der Waals surface area contributed by atoms with Crippen LogP contribution in [0.2, 0.25) is 0 Å². The number of aromatic nitrogens is 2. The molecule has 0 amide bonds. The molecular formula is C10H15N3O3. The molecule has 0 saturated carbocycles. The molecule has 0 radical (unpaired) electrons. The van der Waals surface area contributed by atoms with Crippen molar-refractivity contribution >= 4 is 5.82 Å². The van der Waals surface area contributed by atoms with E-state index < -0.39 is 5.69 Å². The van der Waals surface area contributed by atoms with Crippen molar-refractivity contribution < 1.29 is 9.84 Å². The predicted molar refractivity (Wildman–Crippen MR) is 57.7 cm³/mol. The number of aliphatic hydroxyl groups excluding tert-OH is 1. The molecule has 1 saturated heterocycles. The molecule has 1 aliphatic rings. The van der Waals surface area contributed by atoms with Gasteiger partial charge in [0.15, 0.2) is 0 Å². The van der Waals surface area contributed by atoms with E-state index in [0.717, 1.165) is 0 Å². The number of hydrogen-bond donors (Lipinski definition) is 2. The van der Waals surface area contributed by atoms with Crippen molar-refractivity contribution in [2.75, 3.05) is 18.9 Å². The van der Waals surface area contributed by atoms with E-state index in [-0.39, 0.29) is 24.1 Å². The van der Waals surface area contributed by atoms with Gasteiger partial charge in [-0.3, -0.25) is 4.57 Å². The van der Waals surface area contributed by atoms with Crippen molar-refractivity contribution in [2.24, 2.45) is 5.41 Å². The van der Waals surface area contributed by atoms with E-state index in [2.05, 4.69) is 4.98 Å². The average Bonchev–Trinajstić information content (AvgIpc) is 2.62. The summed E-state index contributed by atoms with van der Waals surface area (Å²) in [6, 6.07) is 1.55. The molecule has 2 atom stereocenters. The summed E-state index contributed by atoms with van der Waals surface area (Å²) in [6.07, 6.45) is 1.80. The van der Waals surface area contributed by atoms with Gasteiger partial charge in [0.2, 0.25) is 0 Å². The molecule has 2 rings (SSSR count). The quantitative estimate of drug-likeness (QED) is 0.724. The zero-order chi connectivity index (χ0) is 11.8. The van der Waals surface area contributed by atoms with Crippen molar-refractivity contribution in [3.8, 4) is 0 Å². The molecule has 0 spiro atoms. The van der Waals surface area contributed by atoms with Crippen molar-refractivity contribution in [2.45, 2.75) is 19.6 Å². The van der Waals surface area contributed by atoms with E-state index in [1.807, 2.05) is 6.92 Å². The van der Waals surface area contributed by atoms with Gasteiger partial charge in [-0.05, 0) is 6.07 Å². The van der Waals surface area contributed by atoms with Crippen LogP contribution in [-0.2, 0) is 4.74 Å². The Morgan fingerprint density at radius 2 is 2.56 bits per heavy atom. The van der Waals surface area contributed by atoms with Crippen LogP contribution in [0.5, 0.6) is 0 Å². The summed E-state index contributed by atoms with van der Waals surface area (Å²) < 4.78 is 6.89. The summed E-state index contributed by atoms with van der Waals surface area (Å²) in [5, 5.41) is 9.20. The maximum absolute atomic E-state index is 11.6. The Morgan fingerprint density at radius 3 is 3.12 bits per heavy atom. The van der Waals surface area contributed by atoms with Crippen LogP contribution >= 0.6 is 0 Å². The largest absolute Gasteiger partial charge is 0.396 e. The zero-order valence-corrected chi connectivity index (χ0v) is 9.09. The lowest BCUT2D eigenvalue weighted by atomic mass is 9.90. The van der Waals surface area contributed by atoms with Crippen LogP contribution in [0.3, 0.4) is 0 Å². The maximum atomic E-state index is 11.6. The van der Waals surface area contributed by atoms with Gasteiger partial charge in [-0.1, -0.05) is 6.92 Å². The molecule has 1 aromatic heterocycles. The number of anilines is 1. The minimum absolute atomic E-state index is 0.0423. The monoisotopic (exact) mass is 225 g/mol. The van der Waals surface area contributed by atoms with Crippen LogP contribution in [0.4, 0.5) is 5.82 Å². The topological polar surface area (TPSA) is 90.4 Å². The molecule has 6 nitrogen and oxygen atoms in total. The smallest absolute Gasteiger partial charge is 0.351 e. The fraction of sp³-hybridized carbons (Fsp3) is 0.600. The van der Waals surface area contributed by atoms with Crippen LogP contribution in [-0.4, -0.2) is 27.9 Å². The molecule has 0 bridgehead atoms. The fourth-order valence-corrected chi connectivity index (χ4v) is 1.77. The minimum atomic E-state index is -0.424. The van der Waals surface area contributed by atoms with Gasteiger partial charge >= 0.3 is 5.69 Å². The Bertz CT molecular complexity index is 445. The number of nitrogens with two attached hydrogens (primary N) is 1. The maximum Gasteiger partial charge on any atom is 0.351 e. The molecule has 88 valence electrons. The Hall–Kier alpha value is -1.40. The molecule has 6 heteroatoms. The van der Waals surface area contributed by atoms with Crippen LogP contribution in [0.15, 0.2) is 17.1 Å². The first-order valence-electron chi connectivity index (χ1n) is 5.11. The van der Waals surface area contributed by atoms with Gasteiger partial charge in [0.1, 0.15) is 12.0 Å². The van der Waals surface area contributed by atoms with Gasteiger partial charge in [-0.25, -0.2) is 4.79 Å². The summed E-state index contributed by atoms with van der Waals surface area (Å²) in [7, 11) is 0. The van der Waals surface area contributed by atoms with Crippen LogP contribution < -0.4 is 11.4 Å². The third-order valence-electron chi connectivity index (χ3n) is 2.84. The van der Waals surface area contributed by atoms with E-state index in [1.54, 1.807) is 12.3 Å². The highest BCUT2D eigenvalue weighted by atomic mass is 16.5. The Balaban J connectivity index is 2.24. The van der Waals surface area contributed by atoms with Crippen LogP contribution in [0.25, 0.3) is 0 Å². The Kier molecular flexibility index (Phi) is 2.69. The van der Waals surface area contributed by atoms with Crippen molar-refractivity contribution in [1.82, 2.24) is 9.55 Å². The number of ether oxygens (including phenoxy) is 1. The summed E-state index contributed by atoms with van der Waals surface area (Å²) >= 11 is 0. The Labute approximate surface area is 92.7 Å². The zero-order valence-electron chi connectivity index (χ0n) is 9.09. The molecule has 1 aromatic rings. The lowest BCUT2D eigenvalue weighted by Gasteiger charge is -2.18. The van der Waals surface area contributed by atoms with Crippen molar-refractivity contribution in [3.63, 3.8) is 0 Å². The highest BCUT2D eigenvalue weighted by molar-refractivity contribution is 5.23. The predicted octanol–water partition coefficient (Wildman–Crippen LogP) is -0.257. The molecule has 0 unspecified atom stereocenters. The molecular weight excluding hydrogens is 210 g/mol. The summed E-state index contributed by atoms with van der Waals surface area (Å²) in [4.78, 5) is 15.2. The number of nitrogens with zero attached hydrogens (tertiary/aromatic N) is 2. The third kappa shape index (κ3) is 1.94. The number of rotatable bonds is 2. The van der Waals surface area contributed by atoms with Gasteiger partial charge < -0.3 is 15.6 Å². The summed E-state index contributed by atoms with van der Waals surface area (Å²) in [5.74, 6) is 0.198. The normalized spacial score (nSPS) is 29.5. The van der Waals surface area contributed by atoms with Gasteiger partial charge in [0, 0.05) is 18.0 Å². The van der Waals surface area contributed by atoms with E-state index in [0.29, 0.717) is 13.0 Å². The molecule has 16 heavy (non-hydrogen) atoms. The van der Waals surface area contributed by atoms with Crippen molar-refractivity contribution in [3.05, 3.63) is 22.7 Å². The lowest BCUT2D eigenvalue weighted by molar-refractivity contribution is 0.0415. The number of aliphatic hydroxyl groups is 1. The highest BCUT2D eigenvalue weighted by Crippen LogP contribution is 2.36. The molecule has 2 heterocycles. The first kappa shape index (κ1) is 11.1.